The SMILES string of the molecule is CCCNC(=O)N1CCN(c2c(C)cc(C)cc2C)CC1. The number of piperazine rings is 1. The molecule has 1 fully saturated rings. The number of hydrogen-bond acceptors (Lipinski definition) is 2. The van der Waals surface area contributed by atoms with E-state index in [1.807, 2.05) is 4.90 Å². The number of rotatable bonds is 3. The fourth-order valence-corrected chi connectivity index (χ4v) is 3.15. The molecule has 1 aliphatic rings. The Bertz CT molecular complexity index is 482. The van der Waals surface area contributed by atoms with E-state index < -0.39 is 0 Å². The highest BCUT2D eigenvalue weighted by Gasteiger charge is 2.22. The molecule has 0 unspecified atom stereocenters. The van der Waals surface area contributed by atoms with Crippen molar-refractivity contribution in [1.29, 1.82) is 0 Å². The fraction of sp³-hybridized carbons (Fsp3) is 0.588. The van der Waals surface area contributed by atoms with Crippen LogP contribution in [0, 0.1) is 20.8 Å². The van der Waals surface area contributed by atoms with Gasteiger partial charge in [0.1, 0.15) is 0 Å². The van der Waals surface area contributed by atoms with E-state index in [0.717, 1.165) is 39.1 Å². The van der Waals surface area contributed by atoms with Gasteiger partial charge in [0.15, 0.2) is 0 Å². The summed E-state index contributed by atoms with van der Waals surface area (Å²) >= 11 is 0. The molecule has 4 nitrogen and oxygen atoms in total. The van der Waals surface area contributed by atoms with Crippen LogP contribution in [0.4, 0.5) is 10.5 Å². The molecule has 1 aromatic rings. The summed E-state index contributed by atoms with van der Waals surface area (Å²) in [5.74, 6) is 0. The molecular formula is C17H27N3O. The van der Waals surface area contributed by atoms with Gasteiger partial charge in [0.05, 0.1) is 0 Å². The van der Waals surface area contributed by atoms with Crippen molar-refractivity contribution in [3.63, 3.8) is 0 Å². The third-order valence-corrected chi connectivity index (χ3v) is 4.04. The first-order valence-corrected chi connectivity index (χ1v) is 7.88. The maximum Gasteiger partial charge on any atom is 0.317 e. The van der Waals surface area contributed by atoms with Crippen molar-refractivity contribution in [2.24, 2.45) is 0 Å². The molecule has 1 aromatic carbocycles. The number of hydrogen-bond donors (Lipinski definition) is 1. The Morgan fingerprint density at radius 1 is 1.10 bits per heavy atom. The summed E-state index contributed by atoms with van der Waals surface area (Å²) in [6, 6.07) is 4.56. The van der Waals surface area contributed by atoms with Crippen molar-refractivity contribution in [1.82, 2.24) is 10.2 Å². The Morgan fingerprint density at radius 2 is 1.67 bits per heavy atom. The molecule has 0 saturated carbocycles. The highest BCUT2D eigenvalue weighted by Crippen LogP contribution is 2.27. The van der Waals surface area contributed by atoms with Crippen LogP contribution in [0.5, 0.6) is 0 Å². The topological polar surface area (TPSA) is 35.6 Å². The Hall–Kier alpha value is -1.71. The molecule has 0 bridgehead atoms. The van der Waals surface area contributed by atoms with Crippen molar-refractivity contribution in [3.8, 4) is 0 Å². The van der Waals surface area contributed by atoms with Crippen LogP contribution in [-0.4, -0.2) is 43.7 Å². The third-order valence-electron chi connectivity index (χ3n) is 4.04. The number of nitrogens with one attached hydrogen (secondary N) is 1. The van der Waals surface area contributed by atoms with Gasteiger partial charge < -0.3 is 15.1 Å². The lowest BCUT2D eigenvalue weighted by Gasteiger charge is -2.37. The second kappa shape index (κ2) is 6.83. The highest BCUT2D eigenvalue weighted by atomic mass is 16.2. The lowest BCUT2D eigenvalue weighted by atomic mass is 10.0. The third kappa shape index (κ3) is 3.69. The first-order chi connectivity index (χ1) is 10.0. The molecule has 0 aromatic heterocycles. The molecule has 116 valence electrons. The van der Waals surface area contributed by atoms with E-state index in [2.05, 4.69) is 50.0 Å². The van der Waals surface area contributed by atoms with E-state index in [4.69, 9.17) is 0 Å². The second-order valence-electron chi connectivity index (χ2n) is 5.95. The molecule has 1 heterocycles. The van der Waals surface area contributed by atoms with Crippen LogP contribution >= 0.6 is 0 Å². The molecule has 0 spiro atoms. The molecule has 1 aliphatic heterocycles. The van der Waals surface area contributed by atoms with Crippen LogP contribution in [0.1, 0.15) is 30.0 Å². The van der Waals surface area contributed by atoms with E-state index in [1.54, 1.807) is 0 Å². The second-order valence-corrected chi connectivity index (χ2v) is 5.95. The predicted molar refractivity (Wildman–Crippen MR) is 88.1 cm³/mol. The van der Waals surface area contributed by atoms with Crippen molar-refractivity contribution >= 4 is 11.7 Å². The summed E-state index contributed by atoms with van der Waals surface area (Å²) in [6.07, 6.45) is 0.980. The summed E-state index contributed by atoms with van der Waals surface area (Å²) in [7, 11) is 0. The number of aryl methyl sites for hydroxylation is 3. The van der Waals surface area contributed by atoms with Gasteiger partial charge in [-0.1, -0.05) is 24.6 Å². The summed E-state index contributed by atoms with van der Waals surface area (Å²) in [6.45, 7) is 12.7. The number of nitrogens with zero attached hydrogens (tertiary/aromatic N) is 2. The van der Waals surface area contributed by atoms with Crippen molar-refractivity contribution < 1.29 is 4.79 Å². The molecule has 1 saturated heterocycles. The zero-order valence-electron chi connectivity index (χ0n) is 13.7. The van der Waals surface area contributed by atoms with Crippen molar-refractivity contribution in [2.45, 2.75) is 34.1 Å². The molecule has 2 amide bonds. The van der Waals surface area contributed by atoms with E-state index in [0.29, 0.717) is 0 Å². The summed E-state index contributed by atoms with van der Waals surface area (Å²) in [4.78, 5) is 16.3. The molecule has 21 heavy (non-hydrogen) atoms. The van der Waals surface area contributed by atoms with Gasteiger partial charge in [-0.15, -0.1) is 0 Å². The Morgan fingerprint density at radius 3 is 2.19 bits per heavy atom. The zero-order valence-corrected chi connectivity index (χ0v) is 13.7. The summed E-state index contributed by atoms with van der Waals surface area (Å²) in [5, 5.41) is 2.96. The number of carbonyl (C=O) groups excluding carboxylic acids is 1. The lowest BCUT2D eigenvalue weighted by Crippen LogP contribution is -2.52. The van der Waals surface area contributed by atoms with Crippen LogP contribution in [0.15, 0.2) is 12.1 Å². The molecule has 0 atom stereocenters. The van der Waals surface area contributed by atoms with Gasteiger partial charge in [0, 0.05) is 38.4 Å². The predicted octanol–water partition coefficient (Wildman–Crippen LogP) is 2.85. The van der Waals surface area contributed by atoms with Crippen LogP contribution < -0.4 is 10.2 Å². The normalized spacial score (nSPS) is 15.2. The van der Waals surface area contributed by atoms with Gasteiger partial charge in [-0.3, -0.25) is 0 Å². The molecule has 4 heteroatoms. The van der Waals surface area contributed by atoms with Gasteiger partial charge in [-0.25, -0.2) is 4.79 Å². The Labute approximate surface area is 128 Å². The monoisotopic (exact) mass is 289 g/mol. The van der Waals surface area contributed by atoms with Gasteiger partial charge >= 0.3 is 6.03 Å². The Kier molecular flexibility index (Phi) is 5.10. The van der Waals surface area contributed by atoms with Gasteiger partial charge in [-0.05, 0) is 38.3 Å². The van der Waals surface area contributed by atoms with Crippen LogP contribution in [0.3, 0.4) is 0 Å². The fourth-order valence-electron chi connectivity index (χ4n) is 3.15. The van der Waals surface area contributed by atoms with E-state index in [1.165, 1.54) is 22.4 Å². The first kappa shape index (κ1) is 15.7. The summed E-state index contributed by atoms with van der Waals surface area (Å²) < 4.78 is 0. The number of amides is 2. The van der Waals surface area contributed by atoms with Gasteiger partial charge in [0.25, 0.3) is 0 Å². The maximum absolute atomic E-state index is 12.0. The minimum Gasteiger partial charge on any atom is -0.368 e. The first-order valence-electron chi connectivity index (χ1n) is 7.88. The lowest BCUT2D eigenvalue weighted by molar-refractivity contribution is 0.194. The quantitative estimate of drug-likeness (QED) is 0.928. The standard InChI is InChI=1S/C17H27N3O/c1-5-6-18-17(21)20-9-7-19(8-10-20)16-14(3)11-13(2)12-15(16)4/h11-12H,5-10H2,1-4H3,(H,18,21). The average molecular weight is 289 g/mol. The van der Waals surface area contributed by atoms with E-state index >= 15 is 0 Å². The van der Waals surface area contributed by atoms with Crippen LogP contribution in [0.2, 0.25) is 0 Å². The molecule has 1 N–H and O–H groups in total. The summed E-state index contributed by atoms with van der Waals surface area (Å²) in [5.41, 5.74) is 5.31. The van der Waals surface area contributed by atoms with Crippen LogP contribution in [-0.2, 0) is 0 Å². The number of carbonyl (C=O) groups is 1. The van der Waals surface area contributed by atoms with E-state index in [-0.39, 0.29) is 6.03 Å². The van der Waals surface area contributed by atoms with Crippen LogP contribution in [0.25, 0.3) is 0 Å². The number of urea groups is 1. The number of benzene rings is 1. The highest BCUT2D eigenvalue weighted by molar-refractivity contribution is 5.74. The minimum absolute atomic E-state index is 0.0776. The largest absolute Gasteiger partial charge is 0.368 e. The zero-order chi connectivity index (χ0) is 15.4. The smallest absolute Gasteiger partial charge is 0.317 e. The average Bonchev–Trinajstić information content (AvgIpc) is 2.44. The maximum atomic E-state index is 12.0. The molecule has 2 rings (SSSR count). The van der Waals surface area contributed by atoms with Gasteiger partial charge in [-0.2, -0.15) is 0 Å². The van der Waals surface area contributed by atoms with Gasteiger partial charge in [0.2, 0.25) is 0 Å². The number of anilines is 1. The molecular weight excluding hydrogens is 262 g/mol. The van der Waals surface area contributed by atoms with Crippen molar-refractivity contribution in [3.05, 3.63) is 28.8 Å². The molecule has 0 radical (unpaired) electrons. The Balaban J connectivity index is 2.00. The molecule has 0 aliphatic carbocycles. The van der Waals surface area contributed by atoms with Crippen molar-refractivity contribution in [2.75, 3.05) is 37.6 Å². The minimum atomic E-state index is 0.0776. The van der Waals surface area contributed by atoms with E-state index in [9.17, 15) is 4.79 Å².